The van der Waals surface area contributed by atoms with Crippen molar-refractivity contribution >= 4 is 33.4 Å². The Hall–Kier alpha value is -3.19. The minimum Gasteiger partial charge on any atom is -0.438 e. The first kappa shape index (κ1) is 19.1. The zero-order chi connectivity index (χ0) is 20.2. The monoisotopic (exact) mass is 451 g/mol. The molecule has 0 unspecified atom stereocenters. The van der Waals surface area contributed by atoms with Gasteiger partial charge in [-0.05, 0) is 73.5 Å². The molecule has 3 aromatic rings. The molecular formula is C22H18BrN3O3. The highest BCUT2D eigenvalue weighted by atomic mass is 79.9. The second kappa shape index (κ2) is 8.45. The van der Waals surface area contributed by atoms with Gasteiger partial charge in [0.2, 0.25) is 5.88 Å². The number of halogens is 1. The molecule has 0 radical (unpaired) electrons. The van der Waals surface area contributed by atoms with E-state index in [4.69, 9.17) is 4.74 Å². The van der Waals surface area contributed by atoms with Crippen molar-refractivity contribution < 1.29 is 14.3 Å². The van der Waals surface area contributed by atoms with Gasteiger partial charge in [0.15, 0.2) is 0 Å². The van der Waals surface area contributed by atoms with Crippen LogP contribution in [0.5, 0.6) is 11.6 Å². The van der Waals surface area contributed by atoms with Crippen LogP contribution in [0, 0.1) is 0 Å². The molecule has 2 N–H and O–H groups in total. The predicted octanol–water partition coefficient (Wildman–Crippen LogP) is 4.78. The van der Waals surface area contributed by atoms with Gasteiger partial charge in [0.05, 0.1) is 0 Å². The fourth-order valence-electron chi connectivity index (χ4n) is 2.66. The van der Waals surface area contributed by atoms with Crippen molar-refractivity contribution in [3.8, 4) is 11.6 Å². The van der Waals surface area contributed by atoms with Crippen LogP contribution in [0.2, 0.25) is 0 Å². The van der Waals surface area contributed by atoms with E-state index in [0.717, 1.165) is 17.3 Å². The number of hydrogen-bond donors (Lipinski definition) is 2. The van der Waals surface area contributed by atoms with Gasteiger partial charge in [0.1, 0.15) is 11.3 Å². The first-order chi connectivity index (χ1) is 14.1. The second-order valence-electron chi connectivity index (χ2n) is 6.69. The molecule has 1 saturated carbocycles. The molecule has 1 fully saturated rings. The van der Waals surface area contributed by atoms with E-state index in [1.165, 1.54) is 0 Å². The average Bonchev–Trinajstić information content (AvgIpc) is 3.54. The third kappa shape index (κ3) is 5.00. The third-order valence-corrected chi connectivity index (χ3v) is 4.89. The standard InChI is InChI=1S/C22H18BrN3O3/c23-15-5-11-18(12-6-15)29-22-19(2-1-13-24-22)21(28)26-16-7-3-14(4-8-16)20(27)25-17-9-10-17/h1-8,11-13,17H,9-10H2,(H,25,27)(H,26,28). The Kier molecular flexibility index (Phi) is 5.57. The number of ether oxygens (including phenoxy) is 1. The van der Waals surface area contributed by atoms with Crippen molar-refractivity contribution in [1.29, 1.82) is 0 Å². The third-order valence-electron chi connectivity index (χ3n) is 4.36. The van der Waals surface area contributed by atoms with Gasteiger partial charge in [-0.1, -0.05) is 15.9 Å². The van der Waals surface area contributed by atoms with Crippen LogP contribution in [0.4, 0.5) is 5.69 Å². The Bertz CT molecular complexity index is 1030. The van der Waals surface area contributed by atoms with Gasteiger partial charge in [0.25, 0.3) is 11.8 Å². The second-order valence-corrected chi connectivity index (χ2v) is 7.61. The summed E-state index contributed by atoms with van der Waals surface area (Å²) in [7, 11) is 0. The first-order valence-electron chi connectivity index (χ1n) is 9.19. The molecule has 2 aromatic carbocycles. The molecule has 29 heavy (non-hydrogen) atoms. The van der Waals surface area contributed by atoms with Gasteiger partial charge in [-0.15, -0.1) is 0 Å². The van der Waals surface area contributed by atoms with Gasteiger partial charge >= 0.3 is 0 Å². The summed E-state index contributed by atoms with van der Waals surface area (Å²) in [6.07, 6.45) is 3.64. The van der Waals surface area contributed by atoms with Crippen LogP contribution in [0.15, 0.2) is 71.3 Å². The van der Waals surface area contributed by atoms with Crippen LogP contribution in [-0.4, -0.2) is 22.8 Å². The molecule has 6 nitrogen and oxygen atoms in total. The van der Waals surface area contributed by atoms with Crippen LogP contribution >= 0.6 is 15.9 Å². The SMILES string of the molecule is O=C(NC1CC1)c1ccc(NC(=O)c2cccnc2Oc2ccc(Br)cc2)cc1. The zero-order valence-electron chi connectivity index (χ0n) is 15.4. The van der Waals surface area contributed by atoms with Gasteiger partial charge in [-0.3, -0.25) is 9.59 Å². The molecule has 0 saturated heterocycles. The number of aromatic nitrogens is 1. The molecule has 1 aliphatic carbocycles. The number of pyridine rings is 1. The summed E-state index contributed by atoms with van der Waals surface area (Å²) in [5.74, 6) is 0.350. The molecule has 1 aliphatic rings. The normalized spacial score (nSPS) is 12.9. The Morgan fingerprint density at radius 3 is 2.38 bits per heavy atom. The van der Waals surface area contributed by atoms with Crippen LogP contribution < -0.4 is 15.4 Å². The number of carbonyl (C=O) groups excluding carboxylic acids is 2. The smallest absolute Gasteiger partial charge is 0.261 e. The Balaban J connectivity index is 1.45. The molecule has 1 heterocycles. The predicted molar refractivity (Wildman–Crippen MR) is 113 cm³/mol. The summed E-state index contributed by atoms with van der Waals surface area (Å²) in [4.78, 5) is 29.0. The van der Waals surface area contributed by atoms with Crippen molar-refractivity contribution in [3.05, 3.63) is 82.5 Å². The van der Waals surface area contributed by atoms with Gasteiger partial charge in [0, 0.05) is 28.0 Å². The number of amides is 2. The van der Waals surface area contributed by atoms with Gasteiger partial charge < -0.3 is 15.4 Å². The molecule has 2 amide bonds. The Morgan fingerprint density at radius 1 is 0.966 bits per heavy atom. The van der Waals surface area contributed by atoms with E-state index in [1.54, 1.807) is 54.7 Å². The molecule has 4 rings (SSSR count). The Morgan fingerprint density at radius 2 is 1.69 bits per heavy atom. The minimum absolute atomic E-state index is 0.0946. The molecule has 146 valence electrons. The largest absolute Gasteiger partial charge is 0.438 e. The van der Waals surface area contributed by atoms with Crippen LogP contribution in [0.3, 0.4) is 0 Å². The number of anilines is 1. The van der Waals surface area contributed by atoms with E-state index in [1.807, 2.05) is 12.1 Å². The fraction of sp³-hybridized carbons (Fsp3) is 0.136. The molecule has 0 bridgehead atoms. The van der Waals surface area contributed by atoms with E-state index >= 15 is 0 Å². The number of carbonyl (C=O) groups is 2. The summed E-state index contributed by atoms with van der Waals surface area (Å²) in [5, 5.41) is 5.75. The first-order valence-corrected chi connectivity index (χ1v) is 9.98. The van der Waals surface area contributed by atoms with Gasteiger partial charge in [-0.25, -0.2) is 4.98 Å². The number of nitrogens with zero attached hydrogens (tertiary/aromatic N) is 1. The lowest BCUT2D eigenvalue weighted by molar-refractivity contribution is 0.0950. The lowest BCUT2D eigenvalue weighted by Crippen LogP contribution is -2.25. The zero-order valence-corrected chi connectivity index (χ0v) is 17.0. The molecular weight excluding hydrogens is 434 g/mol. The highest BCUT2D eigenvalue weighted by Gasteiger charge is 2.23. The van der Waals surface area contributed by atoms with Crippen LogP contribution in [0.1, 0.15) is 33.6 Å². The van der Waals surface area contributed by atoms with Crippen LogP contribution in [0.25, 0.3) is 0 Å². The summed E-state index contributed by atoms with van der Waals surface area (Å²) in [6, 6.07) is 17.7. The molecule has 0 atom stereocenters. The van der Waals surface area contributed by atoms with Crippen molar-refractivity contribution in [2.75, 3.05) is 5.32 Å². The topological polar surface area (TPSA) is 80.3 Å². The summed E-state index contributed by atoms with van der Waals surface area (Å²) in [6.45, 7) is 0. The quantitative estimate of drug-likeness (QED) is 0.564. The van der Waals surface area contributed by atoms with E-state index in [9.17, 15) is 9.59 Å². The van der Waals surface area contributed by atoms with E-state index < -0.39 is 0 Å². The van der Waals surface area contributed by atoms with E-state index in [-0.39, 0.29) is 17.7 Å². The summed E-state index contributed by atoms with van der Waals surface area (Å²) < 4.78 is 6.70. The fourth-order valence-corrected chi connectivity index (χ4v) is 2.92. The van der Waals surface area contributed by atoms with Crippen molar-refractivity contribution in [2.45, 2.75) is 18.9 Å². The van der Waals surface area contributed by atoms with Crippen molar-refractivity contribution in [2.24, 2.45) is 0 Å². The highest BCUT2D eigenvalue weighted by molar-refractivity contribution is 9.10. The lowest BCUT2D eigenvalue weighted by Gasteiger charge is -2.11. The van der Waals surface area contributed by atoms with Crippen LogP contribution in [-0.2, 0) is 0 Å². The van der Waals surface area contributed by atoms with E-state index in [2.05, 4.69) is 31.5 Å². The number of rotatable bonds is 6. The van der Waals surface area contributed by atoms with Gasteiger partial charge in [-0.2, -0.15) is 0 Å². The number of hydrogen-bond acceptors (Lipinski definition) is 4. The molecule has 0 aliphatic heterocycles. The summed E-state index contributed by atoms with van der Waals surface area (Å²) >= 11 is 3.37. The minimum atomic E-state index is -0.347. The summed E-state index contributed by atoms with van der Waals surface area (Å²) in [5.41, 5.74) is 1.46. The maximum Gasteiger partial charge on any atom is 0.261 e. The van der Waals surface area contributed by atoms with E-state index in [0.29, 0.717) is 28.6 Å². The maximum absolute atomic E-state index is 12.7. The lowest BCUT2D eigenvalue weighted by atomic mass is 10.2. The molecule has 7 heteroatoms. The Labute approximate surface area is 176 Å². The van der Waals surface area contributed by atoms with Crippen molar-refractivity contribution in [3.63, 3.8) is 0 Å². The average molecular weight is 452 g/mol. The van der Waals surface area contributed by atoms with Crippen molar-refractivity contribution in [1.82, 2.24) is 10.3 Å². The highest BCUT2D eigenvalue weighted by Crippen LogP contribution is 2.25. The number of benzene rings is 2. The number of nitrogens with one attached hydrogen (secondary N) is 2. The molecule has 0 spiro atoms. The maximum atomic E-state index is 12.7. The molecule has 1 aromatic heterocycles.